The number of rotatable bonds is 5. The first-order valence-electron chi connectivity index (χ1n) is 7.00. The average molecular weight is 299 g/mol. The van der Waals surface area contributed by atoms with Crippen LogP contribution in [0.4, 0.5) is 13.6 Å². The maximum absolute atomic E-state index is 13.9. The van der Waals surface area contributed by atoms with E-state index in [2.05, 4.69) is 5.32 Å². The minimum absolute atomic E-state index is 0.0687. The van der Waals surface area contributed by atoms with E-state index >= 15 is 0 Å². The first-order valence-corrected chi connectivity index (χ1v) is 7.00. The normalized spacial score (nSPS) is 27.0. The van der Waals surface area contributed by atoms with Gasteiger partial charge in [0.2, 0.25) is 0 Å². The third kappa shape index (κ3) is 4.67. The zero-order valence-electron chi connectivity index (χ0n) is 11.5. The highest BCUT2D eigenvalue weighted by molar-refractivity contribution is 5.64. The van der Waals surface area contributed by atoms with Crippen LogP contribution in [0.3, 0.4) is 0 Å². The standard InChI is InChI=1S/C15H19F2NO3/c16-12-8-11(18-15(19)20)6-7-14(12)21-9-13(17)10-4-2-1-3-5-10/h1-5,11-14,18H,6-9H2,(H,19,20). The van der Waals surface area contributed by atoms with Crippen molar-refractivity contribution < 1.29 is 23.4 Å². The highest BCUT2D eigenvalue weighted by Crippen LogP contribution is 2.26. The summed E-state index contributed by atoms with van der Waals surface area (Å²) in [6.45, 7) is -0.188. The molecule has 4 unspecified atom stereocenters. The Kier molecular flexibility index (Phi) is 5.50. The van der Waals surface area contributed by atoms with Crippen molar-refractivity contribution in [2.45, 2.75) is 43.8 Å². The van der Waals surface area contributed by atoms with Crippen molar-refractivity contribution in [3.8, 4) is 0 Å². The fourth-order valence-corrected chi connectivity index (χ4v) is 2.55. The summed E-state index contributed by atoms with van der Waals surface area (Å²) in [6.07, 6.45) is -3.43. The Bertz CT molecular complexity index is 457. The lowest BCUT2D eigenvalue weighted by atomic mass is 9.91. The van der Waals surface area contributed by atoms with Crippen molar-refractivity contribution in [2.24, 2.45) is 0 Å². The smallest absolute Gasteiger partial charge is 0.404 e. The minimum atomic E-state index is -1.28. The van der Waals surface area contributed by atoms with Crippen LogP contribution in [0.25, 0.3) is 0 Å². The van der Waals surface area contributed by atoms with Crippen molar-refractivity contribution in [3.05, 3.63) is 35.9 Å². The van der Waals surface area contributed by atoms with Crippen LogP contribution in [0.1, 0.15) is 31.0 Å². The second-order valence-corrected chi connectivity index (χ2v) is 5.23. The molecule has 1 amide bonds. The lowest BCUT2D eigenvalue weighted by molar-refractivity contribution is -0.0485. The Morgan fingerprint density at radius 2 is 2.10 bits per heavy atom. The summed E-state index contributed by atoms with van der Waals surface area (Å²) in [5, 5.41) is 10.9. The Balaban J connectivity index is 1.78. The van der Waals surface area contributed by atoms with E-state index in [-0.39, 0.29) is 13.0 Å². The molecule has 0 saturated heterocycles. The van der Waals surface area contributed by atoms with Crippen LogP contribution in [0, 0.1) is 0 Å². The topological polar surface area (TPSA) is 58.6 Å². The molecule has 0 aromatic heterocycles. The van der Waals surface area contributed by atoms with Crippen LogP contribution in [-0.2, 0) is 4.74 Å². The highest BCUT2D eigenvalue weighted by atomic mass is 19.1. The van der Waals surface area contributed by atoms with Crippen LogP contribution in [0.5, 0.6) is 0 Å². The largest absolute Gasteiger partial charge is 0.465 e. The summed E-state index contributed by atoms with van der Waals surface area (Å²) in [7, 11) is 0. The molecular formula is C15H19F2NO3. The van der Waals surface area contributed by atoms with Gasteiger partial charge in [0.05, 0.1) is 12.7 Å². The molecule has 4 atom stereocenters. The van der Waals surface area contributed by atoms with Crippen LogP contribution >= 0.6 is 0 Å². The quantitative estimate of drug-likeness (QED) is 0.877. The van der Waals surface area contributed by atoms with E-state index in [1.54, 1.807) is 30.3 Å². The third-order valence-corrected chi connectivity index (χ3v) is 3.66. The van der Waals surface area contributed by atoms with Crippen molar-refractivity contribution in [1.29, 1.82) is 0 Å². The molecule has 0 spiro atoms. The Morgan fingerprint density at radius 3 is 2.71 bits per heavy atom. The van der Waals surface area contributed by atoms with Crippen molar-refractivity contribution in [3.63, 3.8) is 0 Å². The first kappa shape index (κ1) is 15.7. The Hall–Kier alpha value is -1.69. The van der Waals surface area contributed by atoms with Gasteiger partial charge in [-0.05, 0) is 18.4 Å². The number of carboxylic acid groups (broad SMARTS) is 1. The Morgan fingerprint density at radius 1 is 1.38 bits per heavy atom. The molecule has 6 heteroatoms. The van der Waals surface area contributed by atoms with Gasteiger partial charge < -0.3 is 15.2 Å². The fraction of sp³-hybridized carbons (Fsp3) is 0.533. The lowest BCUT2D eigenvalue weighted by Gasteiger charge is -2.31. The highest BCUT2D eigenvalue weighted by Gasteiger charge is 2.32. The van der Waals surface area contributed by atoms with Gasteiger partial charge in [-0.25, -0.2) is 13.6 Å². The van der Waals surface area contributed by atoms with E-state index in [9.17, 15) is 13.6 Å². The molecule has 2 N–H and O–H groups in total. The van der Waals surface area contributed by atoms with E-state index in [1.165, 1.54) is 0 Å². The molecule has 1 saturated carbocycles. The number of hydrogen-bond acceptors (Lipinski definition) is 2. The summed E-state index contributed by atoms with van der Waals surface area (Å²) in [4.78, 5) is 10.5. The van der Waals surface area contributed by atoms with Crippen LogP contribution in [0.15, 0.2) is 30.3 Å². The predicted octanol–water partition coefficient (Wildman–Crippen LogP) is 3.24. The summed E-state index contributed by atoms with van der Waals surface area (Å²) in [5.74, 6) is 0. The molecular weight excluding hydrogens is 280 g/mol. The first-order chi connectivity index (χ1) is 10.1. The molecule has 0 bridgehead atoms. The maximum Gasteiger partial charge on any atom is 0.404 e. The fourth-order valence-electron chi connectivity index (χ4n) is 2.55. The van der Waals surface area contributed by atoms with Gasteiger partial charge in [-0.1, -0.05) is 30.3 Å². The number of alkyl halides is 2. The molecule has 1 aromatic rings. The maximum atomic E-state index is 13.9. The van der Waals surface area contributed by atoms with E-state index in [0.717, 1.165) is 0 Å². The molecule has 1 aliphatic rings. The van der Waals surface area contributed by atoms with Crippen molar-refractivity contribution >= 4 is 6.09 Å². The molecule has 1 fully saturated rings. The van der Waals surface area contributed by atoms with Gasteiger partial charge in [-0.3, -0.25) is 0 Å². The molecule has 21 heavy (non-hydrogen) atoms. The van der Waals surface area contributed by atoms with E-state index in [0.29, 0.717) is 18.4 Å². The lowest BCUT2D eigenvalue weighted by Crippen LogP contribution is -2.44. The van der Waals surface area contributed by atoms with E-state index in [4.69, 9.17) is 9.84 Å². The predicted molar refractivity (Wildman–Crippen MR) is 73.7 cm³/mol. The van der Waals surface area contributed by atoms with E-state index < -0.39 is 30.6 Å². The number of halogens is 2. The second-order valence-electron chi connectivity index (χ2n) is 5.23. The second kappa shape index (κ2) is 7.36. The molecule has 1 aliphatic carbocycles. The van der Waals surface area contributed by atoms with Gasteiger partial charge in [0.25, 0.3) is 0 Å². The number of benzene rings is 1. The van der Waals surface area contributed by atoms with Gasteiger partial charge in [0.15, 0.2) is 0 Å². The van der Waals surface area contributed by atoms with Gasteiger partial charge in [-0.2, -0.15) is 0 Å². The summed E-state index contributed by atoms with van der Waals surface area (Å²) in [5.41, 5.74) is 0.508. The van der Waals surface area contributed by atoms with E-state index in [1.807, 2.05) is 0 Å². The average Bonchev–Trinajstić information content (AvgIpc) is 2.46. The molecule has 116 valence electrons. The summed E-state index contributed by atoms with van der Waals surface area (Å²) >= 11 is 0. The van der Waals surface area contributed by atoms with Crippen molar-refractivity contribution in [2.75, 3.05) is 6.61 Å². The van der Waals surface area contributed by atoms with Gasteiger partial charge in [0, 0.05) is 12.5 Å². The summed E-state index contributed by atoms with van der Waals surface area (Å²) in [6, 6.07) is 8.20. The number of amides is 1. The zero-order valence-corrected chi connectivity index (χ0v) is 11.5. The SMILES string of the molecule is O=C(O)NC1CCC(OCC(F)c2ccccc2)C(F)C1. The van der Waals surface area contributed by atoms with Crippen LogP contribution in [-0.4, -0.2) is 36.1 Å². The van der Waals surface area contributed by atoms with Crippen LogP contribution in [0.2, 0.25) is 0 Å². The number of hydrogen-bond donors (Lipinski definition) is 2. The molecule has 0 radical (unpaired) electrons. The number of carbonyl (C=O) groups is 1. The minimum Gasteiger partial charge on any atom is -0.465 e. The Labute approximate surface area is 122 Å². The molecule has 0 heterocycles. The zero-order chi connectivity index (χ0) is 15.2. The number of ether oxygens (including phenoxy) is 1. The third-order valence-electron chi connectivity index (χ3n) is 3.66. The molecule has 1 aromatic carbocycles. The monoisotopic (exact) mass is 299 g/mol. The van der Waals surface area contributed by atoms with Gasteiger partial charge >= 0.3 is 6.09 Å². The van der Waals surface area contributed by atoms with Gasteiger partial charge in [0.1, 0.15) is 12.3 Å². The van der Waals surface area contributed by atoms with Gasteiger partial charge in [-0.15, -0.1) is 0 Å². The summed E-state index contributed by atoms with van der Waals surface area (Å²) < 4.78 is 33.2. The molecule has 4 nitrogen and oxygen atoms in total. The van der Waals surface area contributed by atoms with Crippen LogP contribution < -0.4 is 5.32 Å². The number of nitrogens with one attached hydrogen (secondary N) is 1. The molecule has 2 rings (SSSR count). The molecule has 0 aliphatic heterocycles. The van der Waals surface area contributed by atoms with Crippen molar-refractivity contribution in [1.82, 2.24) is 5.32 Å².